The predicted molar refractivity (Wildman–Crippen MR) is 181 cm³/mol. The Hall–Kier alpha value is -5.62. The minimum Gasteiger partial charge on any atom is -0.342 e. The van der Waals surface area contributed by atoms with Gasteiger partial charge in [-0.05, 0) is 111 Å². The number of hydrogen-bond acceptors (Lipinski definition) is 6. The third kappa shape index (κ3) is 6.71. The number of anilines is 2. The average Bonchev–Trinajstić information content (AvgIpc) is 3.02. The van der Waals surface area contributed by atoms with E-state index < -0.39 is 0 Å². The van der Waals surface area contributed by atoms with Crippen molar-refractivity contribution >= 4 is 11.4 Å². The van der Waals surface area contributed by atoms with E-state index in [1.54, 1.807) is 0 Å². The van der Waals surface area contributed by atoms with Gasteiger partial charge in [-0.2, -0.15) is 0 Å². The van der Waals surface area contributed by atoms with Gasteiger partial charge in [0.15, 0.2) is 0 Å². The maximum Gasteiger partial charge on any atom is 0.100 e. The molecule has 0 aliphatic carbocycles. The molecule has 0 radical (unpaired) electrons. The fourth-order valence-electron chi connectivity index (χ4n) is 4.93. The van der Waals surface area contributed by atoms with E-state index in [1.807, 2.05) is 76.7 Å². The average molecular weight is 575 g/mol. The first kappa shape index (κ1) is 28.5. The lowest BCUT2D eigenvalue weighted by Crippen LogP contribution is -2.09. The fourth-order valence-corrected chi connectivity index (χ4v) is 4.93. The molecule has 2 aromatic carbocycles. The zero-order valence-corrected chi connectivity index (χ0v) is 25.4. The van der Waals surface area contributed by atoms with E-state index in [0.717, 1.165) is 78.7 Å². The molecule has 0 fully saturated rings. The second-order valence-corrected chi connectivity index (χ2v) is 11.2. The summed E-state index contributed by atoms with van der Waals surface area (Å²) in [6.45, 7) is 12.5. The molecule has 0 bridgehead atoms. The van der Waals surface area contributed by atoms with E-state index in [-0.39, 0.29) is 0 Å². The lowest BCUT2D eigenvalue weighted by Gasteiger charge is -2.17. The molecule has 2 N–H and O–H groups in total. The summed E-state index contributed by atoms with van der Waals surface area (Å²) in [4.78, 5) is 18.7. The molecule has 44 heavy (non-hydrogen) atoms. The summed E-state index contributed by atoms with van der Waals surface area (Å²) in [5, 5.41) is 6.95. The number of rotatable bonds is 8. The predicted octanol–water partition coefficient (Wildman–Crippen LogP) is 9.16. The van der Waals surface area contributed by atoms with Crippen molar-refractivity contribution in [3.63, 3.8) is 0 Å². The Morgan fingerprint density at radius 1 is 0.432 bits per heavy atom. The van der Waals surface area contributed by atoms with Gasteiger partial charge in [-0.25, -0.2) is 0 Å². The molecule has 6 nitrogen and oxygen atoms in total. The van der Waals surface area contributed by atoms with Crippen LogP contribution < -0.4 is 10.6 Å². The first-order valence-corrected chi connectivity index (χ1v) is 14.5. The fraction of sp³-hybridized carbons (Fsp3) is 0.105. The van der Waals surface area contributed by atoms with Gasteiger partial charge in [0.2, 0.25) is 0 Å². The second kappa shape index (κ2) is 12.3. The molecule has 0 amide bonds. The highest BCUT2D eigenvalue weighted by Crippen LogP contribution is 2.32. The Kier molecular flexibility index (Phi) is 7.98. The maximum atomic E-state index is 4.68. The van der Waals surface area contributed by atoms with Gasteiger partial charge >= 0.3 is 0 Å². The van der Waals surface area contributed by atoms with Crippen LogP contribution in [0.15, 0.2) is 122 Å². The van der Waals surface area contributed by atoms with Crippen molar-refractivity contribution in [2.45, 2.75) is 27.7 Å². The topological polar surface area (TPSA) is 75.6 Å². The standard InChI is InChI=1S/C38H34N6/c1-24-6-10-35(39-20-24)29-14-30(36-11-7-25(2)21-40-36)17-33(16-29)43-28(5)44-34-18-31(37-12-8-26(3)22-41-37)15-32(19-34)38-13-9-27(4)23-42-38/h6-23,43-44H,5H2,1-4H3. The molecule has 0 unspecified atom stereocenters. The van der Waals surface area contributed by atoms with Crippen molar-refractivity contribution < 1.29 is 0 Å². The van der Waals surface area contributed by atoms with Crippen LogP contribution in [0, 0.1) is 27.7 Å². The molecule has 6 heteroatoms. The minimum absolute atomic E-state index is 0.624. The third-order valence-corrected chi connectivity index (χ3v) is 7.28. The summed E-state index contributed by atoms with van der Waals surface area (Å²) in [7, 11) is 0. The first-order chi connectivity index (χ1) is 21.3. The molecule has 216 valence electrons. The lowest BCUT2D eigenvalue weighted by molar-refractivity contribution is 1.25. The van der Waals surface area contributed by atoms with Crippen LogP contribution in [0.25, 0.3) is 45.0 Å². The van der Waals surface area contributed by atoms with Crippen molar-refractivity contribution in [3.8, 4) is 45.0 Å². The van der Waals surface area contributed by atoms with Gasteiger partial charge in [-0.1, -0.05) is 30.8 Å². The van der Waals surface area contributed by atoms with E-state index in [0.29, 0.717) is 5.82 Å². The van der Waals surface area contributed by atoms with Crippen LogP contribution in [0.1, 0.15) is 22.3 Å². The molecule has 0 aliphatic heterocycles. The van der Waals surface area contributed by atoms with E-state index in [9.17, 15) is 0 Å². The first-order valence-electron chi connectivity index (χ1n) is 14.5. The summed E-state index contributed by atoms with van der Waals surface area (Å²) >= 11 is 0. The number of nitrogens with zero attached hydrogens (tertiary/aromatic N) is 4. The van der Waals surface area contributed by atoms with Crippen molar-refractivity contribution in [1.82, 2.24) is 19.9 Å². The second-order valence-electron chi connectivity index (χ2n) is 11.2. The number of hydrogen-bond donors (Lipinski definition) is 2. The Bertz CT molecular complexity index is 1660. The highest BCUT2D eigenvalue weighted by atomic mass is 15.1. The molecule has 4 heterocycles. The molecular formula is C38H34N6. The van der Waals surface area contributed by atoms with Gasteiger partial charge in [0.1, 0.15) is 5.82 Å². The van der Waals surface area contributed by atoms with Gasteiger partial charge in [-0.3, -0.25) is 19.9 Å². The van der Waals surface area contributed by atoms with Crippen LogP contribution in [0.4, 0.5) is 11.4 Å². The van der Waals surface area contributed by atoms with Gasteiger partial charge in [-0.15, -0.1) is 0 Å². The number of pyridine rings is 4. The Labute approximate surface area is 258 Å². The maximum absolute atomic E-state index is 4.68. The quantitative estimate of drug-likeness (QED) is 0.189. The molecule has 0 aliphatic rings. The van der Waals surface area contributed by atoms with E-state index >= 15 is 0 Å². The van der Waals surface area contributed by atoms with Gasteiger partial charge in [0.05, 0.1) is 22.8 Å². The Balaban J connectivity index is 1.34. The molecule has 6 rings (SSSR count). The van der Waals surface area contributed by atoms with Gasteiger partial charge in [0.25, 0.3) is 0 Å². The number of aryl methyl sites for hydroxylation is 4. The van der Waals surface area contributed by atoms with Crippen molar-refractivity contribution in [2.24, 2.45) is 0 Å². The highest BCUT2D eigenvalue weighted by Gasteiger charge is 2.11. The normalized spacial score (nSPS) is 10.8. The molecule has 0 saturated heterocycles. The summed E-state index contributed by atoms with van der Waals surface area (Å²) < 4.78 is 0. The molecule has 0 atom stereocenters. The van der Waals surface area contributed by atoms with E-state index in [2.05, 4.69) is 97.8 Å². The lowest BCUT2D eigenvalue weighted by atomic mass is 10.0. The van der Waals surface area contributed by atoms with Crippen molar-refractivity contribution in [2.75, 3.05) is 10.6 Å². The number of nitrogens with one attached hydrogen (secondary N) is 2. The van der Waals surface area contributed by atoms with E-state index in [1.165, 1.54) is 0 Å². The number of benzene rings is 2. The van der Waals surface area contributed by atoms with Crippen LogP contribution in [-0.2, 0) is 0 Å². The molecule has 0 saturated carbocycles. The zero-order chi connectivity index (χ0) is 30.6. The Morgan fingerprint density at radius 3 is 0.932 bits per heavy atom. The summed E-state index contributed by atoms with van der Waals surface area (Å²) in [5.74, 6) is 0.624. The largest absolute Gasteiger partial charge is 0.342 e. The third-order valence-electron chi connectivity index (χ3n) is 7.28. The van der Waals surface area contributed by atoms with Crippen LogP contribution in [0.5, 0.6) is 0 Å². The van der Waals surface area contributed by atoms with Crippen LogP contribution in [0.2, 0.25) is 0 Å². The molecule has 4 aromatic heterocycles. The molecular weight excluding hydrogens is 540 g/mol. The Morgan fingerprint density at radius 2 is 0.705 bits per heavy atom. The van der Waals surface area contributed by atoms with Crippen LogP contribution >= 0.6 is 0 Å². The van der Waals surface area contributed by atoms with Crippen molar-refractivity contribution in [1.29, 1.82) is 0 Å². The van der Waals surface area contributed by atoms with Crippen molar-refractivity contribution in [3.05, 3.63) is 144 Å². The SMILES string of the molecule is C=C(Nc1cc(-c2ccc(C)cn2)cc(-c2ccc(C)cn2)c1)Nc1cc(-c2ccc(C)cn2)cc(-c2ccc(C)cn2)c1. The van der Waals surface area contributed by atoms with Crippen LogP contribution in [0.3, 0.4) is 0 Å². The van der Waals surface area contributed by atoms with E-state index in [4.69, 9.17) is 0 Å². The van der Waals surface area contributed by atoms with Gasteiger partial charge < -0.3 is 10.6 Å². The smallest absolute Gasteiger partial charge is 0.100 e. The zero-order valence-electron chi connectivity index (χ0n) is 25.4. The van der Waals surface area contributed by atoms with Gasteiger partial charge in [0, 0.05) is 58.4 Å². The van der Waals surface area contributed by atoms with Crippen LogP contribution in [-0.4, -0.2) is 19.9 Å². The molecule has 6 aromatic rings. The molecule has 0 spiro atoms. The number of aromatic nitrogens is 4. The monoisotopic (exact) mass is 574 g/mol. The summed E-state index contributed by atoms with van der Waals surface area (Å²) in [6.07, 6.45) is 7.54. The highest BCUT2D eigenvalue weighted by molar-refractivity contribution is 5.78. The minimum atomic E-state index is 0.624. The summed E-state index contributed by atoms with van der Waals surface area (Å²) in [6, 6.07) is 29.0. The summed E-state index contributed by atoms with van der Waals surface area (Å²) in [5.41, 5.74) is 13.7.